The summed E-state index contributed by atoms with van der Waals surface area (Å²) in [5.74, 6) is -5.21. The molecular weight excluding hydrogens is 664 g/mol. The molecule has 20 nitrogen and oxygen atoms in total. The maximum atomic E-state index is 12.3. The maximum Gasteiger partial charge on any atom is 0.326 e. The van der Waals surface area contributed by atoms with Gasteiger partial charge in [0.15, 0.2) is 0 Å². The van der Waals surface area contributed by atoms with Crippen molar-refractivity contribution in [2.24, 2.45) is 0 Å². The van der Waals surface area contributed by atoms with Crippen LogP contribution in [0.25, 0.3) is 0 Å². The van der Waals surface area contributed by atoms with Crippen LogP contribution < -0.4 is 16.0 Å². The SMILES string of the molecule is O=C(O)CC[C@H](NC(=O)N[C@H](CCCCNC(=O)CCCCCN(Cc1nccn1CC(=O)O)Cc1nccn1CC(=O)O)C(=O)O)C(=O)O. The minimum absolute atomic E-state index is 0.00902. The van der Waals surface area contributed by atoms with Gasteiger partial charge in [-0.3, -0.25) is 24.1 Å². The third kappa shape index (κ3) is 16.0. The van der Waals surface area contributed by atoms with Gasteiger partial charge in [0.2, 0.25) is 5.91 Å². The monoisotopic (exact) mass is 708 g/mol. The van der Waals surface area contributed by atoms with E-state index in [1.165, 1.54) is 21.5 Å². The van der Waals surface area contributed by atoms with E-state index in [0.29, 0.717) is 63.4 Å². The first kappa shape index (κ1) is 40.6. The summed E-state index contributed by atoms with van der Waals surface area (Å²) >= 11 is 0. The van der Waals surface area contributed by atoms with Gasteiger partial charge in [0.05, 0.1) is 13.1 Å². The number of amides is 3. The molecule has 20 heteroatoms. The highest BCUT2D eigenvalue weighted by atomic mass is 16.4. The summed E-state index contributed by atoms with van der Waals surface area (Å²) in [7, 11) is 0. The van der Waals surface area contributed by atoms with Gasteiger partial charge in [0.25, 0.3) is 0 Å². The fourth-order valence-electron chi connectivity index (χ4n) is 4.90. The van der Waals surface area contributed by atoms with Crippen molar-refractivity contribution in [3.05, 3.63) is 36.4 Å². The zero-order valence-corrected chi connectivity index (χ0v) is 27.4. The molecule has 2 aromatic heterocycles. The van der Waals surface area contributed by atoms with Crippen molar-refractivity contribution in [1.29, 1.82) is 0 Å². The lowest BCUT2D eigenvalue weighted by Crippen LogP contribution is -2.51. The lowest BCUT2D eigenvalue weighted by Gasteiger charge is -2.22. The van der Waals surface area contributed by atoms with Crippen molar-refractivity contribution in [2.45, 2.75) is 96.1 Å². The number of imidazole rings is 2. The Balaban J connectivity index is 1.75. The van der Waals surface area contributed by atoms with Crippen molar-refractivity contribution in [3.63, 3.8) is 0 Å². The smallest absolute Gasteiger partial charge is 0.326 e. The normalized spacial score (nSPS) is 12.2. The molecule has 2 rings (SSSR count). The summed E-state index contributed by atoms with van der Waals surface area (Å²) in [6.45, 7) is 0.878. The molecule has 0 saturated carbocycles. The molecule has 0 aliphatic carbocycles. The number of aromatic nitrogens is 4. The Bertz CT molecular complexity index is 1400. The Kier molecular flexibility index (Phi) is 17.4. The van der Waals surface area contributed by atoms with Crippen molar-refractivity contribution in [1.82, 2.24) is 40.0 Å². The number of rotatable bonds is 26. The first-order valence-electron chi connectivity index (χ1n) is 15.9. The number of carbonyl (C=O) groups excluding carboxylic acids is 2. The molecule has 8 N–H and O–H groups in total. The molecule has 0 bridgehead atoms. The second-order valence-electron chi connectivity index (χ2n) is 11.4. The topological polar surface area (TPSA) is 296 Å². The Morgan fingerprint density at radius 2 is 1.20 bits per heavy atom. The Labute approximate surface area is 286 Å². The van der Waals surface area contributed by atoms with Gasteiger partial charge in [-0.15, -0.1) is 0 Å². The number of nitrogens with zero attached hydrogens (tertiary/aromatic N) is 5. The van der Waals surface area contributed by atoms with Crippen LogP contribution in [0.5, 0.6) is 0 Å². The van der Waals surface area contributed by atoms with E-state index in [9.17, 15) is 48.9 Å². The summed E-state index contributed by atoms with van der Waals surface area (Å²) in [4.78, 5) is 91.0. The molecule has 3 amide bonds. The number of hydrogen-bond donors (Lipinski definition) is 8. The van der Waals surface area contributed by atoms with E-state index >= 15 is 0 Å². The summed E-state index contributed by atoms with van der Waals surface area (Å²) in [6.07, 6.45) is 8.21. The largest absolute Gasteiger partial charge is 0.481 e. The van der Waals surface area contributed by atoms with Gasteiger partial charge in [-0.05, 0) is 45.1 Å². The number of nitrogens with one attached hydrogen (secondary N) is 3. The molecular formula is C30H44N8O12. The van der Waals surface area contributed by atoms with Gasteiger partial charge in [-0.1, -0.05) is 6.42 Å². The van der Waals surface area contributed by atoms with E-state index in [-0.39, 0.29) is 44.8 Å². The molecule has 0 aliphatic heterocycles. The van der Waals surface area contributed by atoms with Crippen molar-refractivity contribution >= 4 is 41.8 Å². The fourth-order valence-corrected chi connectivity index (χ4v) is 4.90. The predicted molar refractivity (Wildman–Crippen MR) is 171 cm³/mol. The summed E-state index contributed by atoms with van der Waals surface area (Å²) in [6, 6.07) is -3.88. The van der Waals surface area contributed by atoms with Crippen LogP contribution in [0.15, 0.2) is 24.8 Å². The average Bonchev–Trinajstić information content (AvgIpc) is 3.65. The molecule has 2 heterocycles. The molecule has 0 fully saturated rings. The van der Waals surface area contributed by atoms with E-state index in [1.54, 1.807) is 12.4 Å². The van der Waals surface area contributed by atoms with Crippen molar-refractivity contribution in [3.8, 4) is 0 Å². The second kappa shape index (κ2) is 21.4. The van der Waals surface area contributed by atoms with Gasteiger partial charge in [0.1, 0.15) is 36.8 Å². The minimum atomic E-state index is -1.50. The van der Waals surface area contributed by atoms with Crippen LogP contribution in [-0.2, 0) is 54.9 Å². The van der Waals surface area contributed by atoms with Crippen LogP contribution in [0.4, 0.5) is 4.79 Å². The molecule has 276 valence electrons. The summed E-state index contributed by atoms with van der Waals surface area (Å²) in [5.41, 5.74) is 0. The van der Waals surface area contributed by atoms with E-state index in [0.717, 1.165) is 0 Å². The third-order valence-electron chi connectivity index (χ3n) is 7.42. The van der Waals surface area contributed by atoms with Crippen LogP contribution >= 0.6 is 0 Å². The molecule has 0 aromatic carbocycles. The van der Waals surface area contributed by atoms with Gasteiger partial charge < -0.3 is 50.6 Å². The number of aliphatic carboxylic acids is 5. The first-order valence-corrected chi connectivity index (χ1v) is 15.9. The Hall–Kier alpha value is -5.53. The quantitative estimate of drug-likeness (QED) is 0.0604. The first-order chi connectivity index (χ1) is 23.7. The van der Waals surface area contributed by atoms with E-state index < -0.39 is 54.4 Å². The molecule has 0 radical (unpaired) electrons. The maximum absolute atomic E-state index is 12.3. The third-order valence-corrected chi connectivity index (χ3v) is 7.42. The number of carbonyl (C=O) groups is 7. The number of urea groups is 1. The predicted octanol–water partition coefficient (Wildman–Crippen LogP) is 0.168. The highest BCUT2D eigenvalue weighted by Crippen LogP contribution is 2.12. The van der Waals surface area contributed by atoms with E-state index in [2.05, 4.69) is 25.9 Å². The zero-order chi connectivity index (χ0) is 37.1. The van der Waals surface area contributed by atoms with Crippen LogP contribution in [0.3, 0.4) is 0 Å². The molecule has 0 unspecified atom stereocenters. The van der Waals surface area contributed by atoms with Crippen molar-refractivity contribution in [2.75, 3.05) is 13.1 Å². The number of hydrogen-bond acceptors (Lipinski definition) is 10. The molecule has 2 aromatic rings. The van der Waals surface area contributed by atoms with E-state index in [1.807, 2.05) is 4.90 Å². The van der Waals surface area contributed by atoms with Crippen LogP contribution in [0, 0.1) is 0 Å². The van der Waals surface area contributed by atoms with Crippen molar-refractivity contribution < 1.29 is 59.1 Å². The average molecular weight is 709 g/mol. The standard InChI is InChI=1S/C30H44N8O12/c39-24(33-10-4-3-6-20(28(46)47)34-30(50)35-21(29(48)49)8-9-25(40)41)7-2-1-5-13-36(16-22-31-11-14-37(22)18-26(42)43)17-23-32-12-15-38(23)19-27(44)45/h11-12,14-15,20-21H,1-10,13,16-19H2,(H,33,39)(H,40,41)(H,42,43)(H,44,45)(H,46,47)(H,48,49)(H2,34,35,50)/t20-,21+/m1/s1. The second-order valence-corrected chi connectivity index (χ2v) is 11.4. The summed E-state index contributed by atoms with van der Waals surface area (Å²) in [5, 5.41) is 52.7. The van der Waals surface area contributed by atoms with E-state index in [4.69, 9.17) is 10.2 Å². The molecule has 0 aliphatic rings. The van der Waals surface area contributed by atoms with Gasteiger partial charge in [-0.2, -0.15) is 0 Å². The zero-order valence-electron chi connectivity index (χ0n) is 27.4. The summed E-state index contributed by atoms with van der Waals surface area (Å²) < 4.78 is 3.03. The Morgan fingerprint density at radius 3 is 1.70 bits per heavy atom. The number of carboxylic acids is 5. The number of unbranched alkanes of at least 4 members (excludes halogenated alkanes) is 3. The van der Waals surface area contributed by atoms with Gasteiger partial charge >= 0.3 is 35.9 Å². The molecule has 0 spiro atoms. The van der Waals surface area contributed by atoms with Crippen LogP contribution in [-0.4, -0.2) is 116 Å². The van der Waals surface area contributed by atoms with Crippen LogP contribution in [0.1, 0.15) is 69.4 Å². The highest BCUT2D eigenvalue weighted by molar-refractivity contribution is 5.86. The van der Waals surface area contributed by atoms with Gasteiger partial charge in [0, 0.05) is 44.2 Å². The van der Waals surface area contributed by atoms with Gasteiger partial charge in [-0.25, -0.2) is 24.4 Å². The Morgan fingerprint density at radius 1 is 0.660 bits per heavy atom. The lowest BCUT2D eigenvalue weighted by molar-refractivity contribution is -0.141. The van der Waals surface area contributed by atoms with Crippen LogP contribution in [0.2, 0.25) is 0 Å². The molecule has 2 atom stereocenters. The lowest BCUT2D eigenvalue weighted by atomic mass is 10.1. The highest BCUT2D eigenvalue weighted by Gasteiger charge is 2.25. The molecule has 50 heavy (non-hydrogen) atoms. The fraction of sp³-hybridized carbons (Fsp3) is 0.567. The minimum Gasteiger partial charge on any atom is -0.481 e. The number of carboxylic acid groups (broad SMARTS) is 5. The molecule has 0 saturated heterocycles.